The van der Waals surface area contributed by atoms with Gasteiger partial charge in [-0.25, -0.2) is 4.39 Å². The quantitative estimate of drug-likeness (QED) is 0.804. The molecule has 0 spiro atoms. The Morgan fingerprint density at radius 1 is 1.39 bits per heavy atom. The lowest BCUT2D eigenvalue weighted by molar-refractivity contribution is -0.140. The van der Waals surface area contributed by atoms with Gasteiger partial charge in [-0.2, -0.15) is 0 Å². The van der Waals surface area contributed by atoms with E-state index in [4.69, 9.17) is 16.1 Å². The van der Waals surface area contributed by atoms with Crippen molar-refractivity contribution in [3.05, 3.63) is 41.3 Å². The maximum absolute atomic E-state index is 13.1. The molecule has 2 heterocycles. The predicted octanol–water partition coefficient (Wildman–Crippen LogP) is 3.63. The highest BCUT2D eigenvalue weighted by atomic mass is 35.5. The van der Waals surface area contributed by atoms with Gasteiger partial charge in [0.2, 0.25) is 5.91 Å². The van der Waals surface area contributed by atoms with Crippen molar-refractivity contribution < 1.29 is 13.7 Å². The molecule has 1 aromatic heterocycles. The molecular formula is C17H18ClFN2O2. The number of nitrogens with zero attached hydrogens (tertiary/aromatic N) is 2. The summed E-state index contributed by atoms with van der Waals surface area (Å²) in [7, 11) is 0. The Bertz CT molecular complexity index is 725. The number of halogens is 2. The fourth-order valence-electron chi connectivity index (χ4n) is 2.70. The van der Waals surface area contributed by atoms with Crippen LogP contribution in [0.2, 0.25) is 0 Å². The summed E-state index contributed by atoms with van der Waals surface area (Å²) in [5.41, 5.74) is 1.90. The first kappa shape index (κ1) is 16.0. The van der Waals surface area contributed by atoms with Crippen LogP contribution in [-0.4, -0.2) is 28.4 Å². The third kappa shape index (κ3) is 2.98. The van der Waals surface area contributed by atoms with E-state index in [1.807, 2.05) is 13.8 Å². The number of fused-ring (bicyclic) bond motifs is 1. The second kappa shape index (κ2) is 5.96. The van der Waals surface area contributed by atoms with Gasteiger partial charge in [0.1, 0.15) is 5.82 Å². The van der Waals surface area contributed by atoms with Gasteiger partial charge >= 0.3 is 0 Å². The fourth-order valence-corrected chi connectivity index (χ4v) is 2.81. The van der Waals surface area contributed by atoms with Crippen molar-refractivity contribution >= 4 is 17.5 Å². The SMILES string of the molecule is CC(C)(CCl)C(=O)N1CCc2noc(-c3ccc(F)cc3)c2C1. The number of alkyl halides is 1. The largest absolute Gasteiger partial charge is 0.356 e. The predicted molar refractivity (Wildman–Crippen MR) is 85.5 cm³/mol. The summed E-state index contributed by atoms with van der Waals surface area (Å²) >= 11 is 5.91. The molecule has 0 aliphatic carbocycles. The van der Waals surface area contributed by atoms with Crippen LogP contribution in [-0.2, 0) is 17.8 Å². The molecule has 0 bridgehead atoms. The first-order chi connectivity index (χ1) is 10.9. The Labute approximate surface area is 139 Å². The maximum Gasteiger partial charge on any atom is 0.229 e. The Hall–Kier alpha value is -1.88. The molecule has 122 valence electrons. The molecule has 2 aromatic rings. The Morgan fingerprint density at radius 3 is 2.74 bits per heavy atom. The molecule has 0 fully saturated rings. The number of rotatable bonds is 3. The van der Waals surface area contributed by atoms with E-state index in [9.17, 15) is 9.18 Å². The Balaban J connectivity index is 1.90. The van der Waals surface area contributed by atoms with Crippen molar-refractivity contribution in [3.63, 3.8) is 0 Å². The van der Waals surface area contributed by atoms with Gasteiger partial charge in [-0.3, -0.25) is 4.79 Å². The van der Waals surface area contributed by atoms with E-state index in [1.54, 1.807) is 17.0 Å². The van der Waals surface area contributed by atoms with E-state index in [2.05, 4.69) is 5.16 Å². The second-order valence-electron chi connectivity index (χ2n) is 6.44. The van der Waals surface area contributed by atoms with Crippen LogP contribution in [0.15, 0.2) is 28.8 Å². The number of amides is 1. The lowest BCUT2D eigenvalue weighted by Crippen LogP contribution is -2.44. The standard InChI is InChI=1S/C17H18ClFN2O2/c1-17(2,10-18)16(22)21-8-7-14-13(9-21)15(23-20-14)11-3-5-12(19)6-4-11/h3-6H,7-10H2,1-2H3. The first-order valence-electron chi connectivity index (χ1n) is 7.51. The third-order valence-electron chi connectivity index (χ3n) is 4.14. The molecule has 1 aromatic carbocycles. The van der Waals surface area contributed by atoms with Crippen LogP contribution in [0.3, 0.4) is 0 Å². The van der Waals surface area contributed by atoms with Gasteiger partial charge in [0, 0.05) is 30.0 Å². The summed E-state index contributed by atoms with van der Waals surface area (Å²) in [4.78, 5) is 14.4. The number of benzene rings is 1. The number of carbonyl (C=O) groups excluding carboxylic acids is 1. The highest BCUT2D eigenvalue weighted by Gasteiger charge is 2.35. The molecule has 1 aliphatic rings. The van der Waals surface area contributed by atoms with Gasteiger partial charge in [0.25, 0.3) is 0 Å². The van der Waals surface area contributed by atoms with E-state index in [0.29, 0.717) is 25.3 Å². The van der Waals surface area contributed by atoms with Crippen LogP contribution >= 0.6 is 11.6 Å². The lowest BCUT2D eigenvalue weighted by atomic mass is 9.92. The summed E-state index contributed by atoms with van der Waals surface area (Å²) in [6.07, 6.45) is 0.643. The zero-order chi connectivity index (χ0) is 16.6. The Morgan fingerprint density at radius 2 is 2.09 bits per heavy atom. The minimum absolute atomic E-state index is 0.0180. The number of hydrogen-bond acceptors (Lipinski definition) is 3. The summed E-state index contributed by atoms with van der Waals surface area (Å²) in [6.45, 7) is 4.71. The monoisotopic (exact) mass is 336 g/mol. The van der Waals surface area contributed by atoms with E-state index < -0.39 is 5.41 Å². The summed E-state index contributed by atoms with van der Waals surface area (Å²) in [6, 6.07) is 6.07. The van der Waals surface area contributed by atoms with Gasteiger partial charge in [-0.05, 0) is 38.1 Å². The van der Waals surface area contributed by atoms with E-state index in [0.717, 1.165) is 16.8 Å². The average Bonchev–Trinajstić information content (AvgIpc) is 2.98. The van der Waals surface area contributed by atoms with Crippen LogP contribution in [0.1, 0.15) is 25.1 Å². The van der Waals surface area contributed by atoms with E-state index >= 15 is 0 Å². The van der Waals surface area contributed by atoms with Crippen molar-refractivity contribution in [2.24, 2.45) is 5.41 Å². The summed E-state index contributed by atoms with van der Waals surface area (Å²) in [5.74, 6) is 0.581. The molecule has 6 heteroatoms. The topological polar surface area (TPSA) is 46.3 Å². The van der Waals surface area contributed by atoms with Crippen LogP contribution in [0.5, 0.6) is 0 Å². The van der Waals surface area contributed by atoms with Crippen molar-refractivity contribution in [3.8, 4) is 11.3 Å². The van der Waals surface area contributed by atoms with Gasteiger partial charge in [0.05, 0.1) is 17.7 Å². The molecule has 0 unspecified atom stereocenters. The lowest BCUT2D eigenvalue weighted by Gasteiger charge is -2.32. The smallest absolute Gasteiger partial charge is 0.229 e. The van der Waals surface area contributed by atoms with Crippen molar-refractivity contribution in [1.29, 1.82) is 0 Å². The van der Waals surface area contributed by atoms with Crippen molar-refractivity contribution in [2.75, 3.05) is 12.4 Å². The fraction of sp³-hybridized carbons (Fsp3) is 0.412. The molecule has 0 saturated carbocycles. The third-order valence-corrected chi connectivity index (χ3v) is 4.81. The van der Waals surface area contributed by atoms with Crippen LogP contribution in [0, 0.1) is 11.2 Å². The molecular weight excluding hydrogens is 319 g/mol. The summed E-state index contributed by atoms with van der Waals surface area (Å²) in [5, 5.41) is 4.10. The second-order valence-corrected chi connectivity index (χ2v) is 6.71. The van der Waals surface area contributed by atoms with Gasteiger partial charge in [-0.15, -0.1) is 11.6 Å². The molecule has 0 N–H and O–H groups in total. The molecule has 0 saturated heterocycles. The molecule has 4 nitrogen and oxygen atoms in total. The average molecular weight is 337 g/mol. The highest BCUT2D eigenvalue weighted by molar-refractivity contribution is 6.19. The van der Waals surface area contributed by atoms with Crippen molar-refractivity contribution in [2.45, 2.75) is 26.8 Å². The van der Waals surface area contributed by atoms with Gasteiger partial charge in [0.15, 0.2) is 5.76 Å². The van der Waals surface area contributed by atoms with Crippen LogP contribution in [0.4, 0.5) is 4.39 Å². The normalized spacial score (nSPS) is 14.7. The minimum atomic E-state index is -0.605. The number of hydrogen-bond donors (Lipinski definition) is 0. The molecule has 23 heavy (non-hydrogen) atoms. The van der Waals surface area contributed by atoms with Crippen LogP contribution in [0.25, 0.3) is 11.3 Å². The van der Waals surface area contributed by atoms with Crippen LogP contribution < -0.4 is 0 Å². The minimum Gasteiger partial charge on any atom is -0.356 e. The Kier molecular flexibility index (Phi) is 4.15. The number of aromatic nitrogens is 1. The van der Waals surface area contributed by atoms with E-state index in [1.165, 1.54) is 12.1 Å². The summed E-state index contributed by atoms with van der Waals surface area (Å²) < 4.78 is 18.5. The zero-order valence-corrected chi connectivity index (χ0v) is 13.9. The molecule has 0 radical (unpaired) electrons. The first-order valence-corrected chi connectivity index (χ1v) is 8.04. The van der Waals surface area contributed by atoms with Crippen molar-refractivity contribution in [1.82, 2.24) is 10.1 Å². The van der Waals surface area contributed by atoms with Gasteiger partial charge < -0.3 is 9.42 Å². The van der Waals surface area contributed by atoms with E-state index in [-0.39, 0.29) is 17.6 Å². The zero-order valence-electron chi connectivity index (χ0n) is 13.1. The maximum atomic E-state index is 13.1. The molecule has 1 aliphatic heterocycles. The van der Waals surface area contributed by atoms with Gasteiger partial charge in [-0.1, -0.05) is 5.16 Å². The molecule has 0 atom stereocenters. The molecule has 3 rings (SSSR count). The highest BCUT2D eigenvalue weighted by Crippen LogP contribution is 2.32. The molecule has 1 amide bonds. The number of carbonyl (C=O) groups is 1.